The van der Waals surface area contributed by atoms with Gasteiger partial charge in [0.2, 0.25) is 0 Å². The molecule has 114 valence electrons. The number of anilines is 1. The first kappa shape index (κ1) is 13.6. The lowest BCUT2D eigenvalue weighted by Gasteiger charge is -2.44. The van der Waals surface area contributed by atoms with Crippen LogP contribution < -0.4 is 4.90 Å². The molecule has 0 N–H and O–H groups in total. The largest absolute Gasteiger partial charge is 0.369 e. The maximum atomic E-state index is 2.82. The summed E-state index contributed by atoms with van der Waals surface area (Å²) in [6.45, 7) is 7.18. The van der Waals surface area contributed by atoms with Crippen LogP contribution in [0.4, 0.5) is 5.69 Å². The lowest BCUT2D eigenvalue weighted by atomic mass is 9.84. The van der Waals surface area contributed by atoms with Gasteiger partial charge in [-0.15, -0.1) is 0 Å². The second-order valence-corrected chi connectivity index (χ2v) is 7.39. The SMILES string of the molecule is Cc1ccccc1N1CCN([C@@H]2CC[C@H]3CC[C@H]2C3)CC1. The molecule has 2 bridgehead atoms. The van der Waals surface area contributed by atoms with Crippen LogP contribution in [0.3, 0.4) is 0 Å². The zero-order chi connectivity index (χ0) is 14.2. The molecular formula is C19H28N2. The smallest absolute Gasteiger partial charge is 0.0396 e. The van der Waals surface area contributed by atoms with E-state index in [0.717, 1.165) is 17.9 Å². The molecule has 1 saturated heterocycles. The molecule has 2 heteroatoms. The van der Waals surface area contributed by atoms with Gasteiger partial charge in [-0.2, -0.15) is 0 Å². The van der Waals surface area contributed by atoms with E-state index >= 15 is 0 Å². The number of hydrogen-bond acceptors (Lipinski definition) is 2. The van der Waals surface area contributed by atoms with Crippen molar-refractivity contribution in [3.05, 3.63) is 29.8 Å². The molecule has 0 spiro atoms. The van der Waals surface area contributed by atoms with Crippen LogP contribution in [0, 0.1) is 18.8 Å². The molecule has 3 atom stereocenters. The third-order valence-corrected chi connectivity index (χ3v) is 6.24. The van der Waals surface area contributed by atoms with Crippen molar-refractivity contribution in [2.75, 3.05) is 31.1 Å². The minimum atomic E-state index is 0.905. The summed E-state index contributed by atoms with van der Waals surface area (Å²) in [5, 5.41) is 0. The first-order chi connectivity index (χ1) is 10.3. The molecule has 1 aromatic carbocycles. The molecule has 2 saturated carbocycles. The van der Waals surface area contributed by atoms with E-state index in [4.69, 9.17) is 0 Å². The highest BCUT2D eigenvalue weighted by atomic mass is 15.3. The number of aryl methyl sites for hydroxylation is 1. The second-order valence-electron chi connectivity index (χ2n) is 7.39. The molecular weight excluding hydrogens is 256 g/mol. The van der Waals surface area contributed by atoms with E-state index in [-0.39, 0.29) is 0 Å². The highest BCUT2D eigenvalue weighted by Crippen LogP contribution is 2.44. The third-order valence-electron chi connectivity index (χ3n) is 6.24. The Hall–Kier alpha value is -1.02. The summed E-state index contributed by atoms with van der Waals surface area (Å²) in [5.41, 5.74) is 2.86. The predicted molar refractivity (Wildman–Crippen MR) is 88.8 cm³/mol. The van der Waals surface area contributed by atoms with Crippen molar-refractivity contribution in [3.63, 3.8) is 0 Å². The van der Waals surface area contributed by atoms with Crippen LogP contribution in [0.15, 0.2) is 24.3 Å². The quantitative estimate of drug-likeness (QED) is 0.817. The fourth-order valence-corrected chi connectivity index (χ4v) is 5.06. The number of rotatable bonds is 2. The molecule has 1 heterocycles. The number of hydrogen-bond donors (Lipinski definition) is 0. The van der Waals surface area contributed by atoms with Gasteiger partial charge in [0, 0.05) is 37.9 Å². The molecule has 0 unspecified atom stereocenters. The molecule has 0 amide bonds. The fraction of sp³-hybridized carbons (Fsp3) is 0.684. The fourth-order valence-electron chi connectivity index (χ4n) is 5.06. The Kier molecular flexibility index (Phi) is 3.66. The molecule has 0 radical (unpaired) electrons. The first-order valence-electron chi connectivity index (χ1n) is 8.86. The summed E-state index contributed by atoms with van der Waals surface area (Å²) in [6, 6.07) is 9.75. The lowest BCUT2D eigenvalue weighted by molar-refractivity contribution is 0.103. The molecule has 4 rings (SSSR count). The van der Waals surface area contributed by atoms with Crippen molar-refractivity contribution in [1.82, 2.24) is 4.90 Å². The summed E-state index contributed by atoms with van der Waals surface area (Å²) in [4.78, 5) is 5.41. The predicted octanol–water partition coefficient (Wildman–Crippen LogP) is 3.70. The van der Waals surface area contributed by atoms with E-state index in [0.29, 0.717) is 0 Å². The number of fused-ring (bicyclic) bond motifs is 2. The van der Waals surface area contributed by atoms with Crippen molar-refractivity contribution >= 4 is 5.69 Å². The number of benzene rings is 1. The average molecular weight is 284 g/mol. The average Bonchev–Trinajstić information content (AvgIpc) is 2.90. The van der Waals surface area contributed by atoms with E-state index in [2.05, 4.69) is 41.0 Å². The topological polar surface area (TPSA) is 6.48 Å². The number of para-hydroxylation sites is 1. The normalized spacial score (nSPS) is 33.4. The van der Waals surface area contributed by atoms with Gasteiger partial charge in [-0.3, -0.25) is 4.90 Å². The monoisotopic (exact) mass is 284 g/mol. The van der Waals surface area contributed by atoms with Gasteiger partial charge >= 0.3 is 0 Å². The minimum Gasteiger partial charge on any atom is -0.369 e. The van der Waals surface area contributed by atoms with E-state index in [1.807, 2.05) is 0 Å². The minimum absolute atomic E-state index is 0.905. The lowest BCUT2D eigenvalue weighted by Crippen LogP contribution is -2.53. The number of piperazine rings is 1. The molecule has 1 aliphatic heterocycles. The van der Waals surface area contributed by atoms with Crippen LogP contribution in [0.5, 0.6) is 0 Å². The van der Waals surface area contributed by atoms with Gasteiger partial charge in [0.25, 0.3) is 0 Å². The molecule has 3 aliphatic rings. The maximum Gasteiger partial charge on any atom is 0.0396 e. The van der Waals surface area contributed by atoms with Crippen molar-refractivity contribution < 1.29 is 0 Å². The van der Waals surface area contributed by atoms with E-state index in [9.17, 15) is 0 Å². The maximum absolute atomic E-state index is 2.82. The molecule has 1 aromatic rings. The van der Waals surface area contributed by atoms with Gasteiger partial charge in [0.05, 0.1) is 0 Å². The highest BCUT2D eigenvalue weighted by Gasteiger charge is 2.39. The Morgan fingerprint density at radius 1 is 0.905 bits per heavy atom. The van der Waals surface area contributed by atoms with Crippen LogP contribution in [-0.4, -0.2) is 37.1 Å². The van der Waals surface area contributed by atoms with Gasteiger partial charge in [-0.05, 0) is 56.1 Å². The third kappa shape index (κ3) is 2.59. The van der Waals surface area contributed by atoms with Gasteiger partial charge in [0.15, 0.2) is 0 Å². The first-order valence-corrected chi connectivity index (χ1v) is 8.86. The van der Waals surface area contributed by atoms with Gasteiger partial charge < -0.3 is 4.90 Å². The summed E-state index contributed by atoms with van der Waals surface area (Å²) in [7, 11) is 0. The van der Waals surface area contributed by atoms with Crippen LogP contribution in [0.1, 0.15) is 37.7 Å². The Labute approximate surface area is 129 Å². The zero-order valence-electron chi connectivity index (χ0n) is 13.3. The van der Waals surface area contributed by atoms with Gasteiger partial charge in [-0.1, -0.05) is 24.6 Å². The summed E-state index contributed by atoms with van der Waals surface area (Å²) in [5.74, 6) is 2.10. The van der Waals surface area contributed by atoms with Crippen LogP contribution in [0.2, 0.25) is 0 Å². The van der Waals surface area contributed by atoms with Crippen LogP contribution >= 0.6 is 0 Å². The van der Waals surface area contributed by atoms with Crippen molar-refractivity contribution in [1.29, 1.82) is 0 Å². The summed E-state index contributed by atoms with van der Waals surface area (Å²) >= 11 is 0. The van der Waals surface area contributed by atoms with Crippen molar-refractivity contribution in [2.45, 2.75) is 45.1 Å². The molecule has 2 aliphatic carbocycles. The van der Waals surface area contributed by atoms with E-state index in [1.165, 1.54) is 69.5 Å². The Bertz CT molecular complexity index is 490. The summed E-state index contributed by atoms with van der Waals surface area (Å²) in [6.07, 6.45) is 7.53. The van der Waals surface area contributed by atoms with E-state index in [1.54, 1.807) is 0 Å². The molecule has 21 heavy (non-hydrogen) atoms. The molecule has 3 fully saturated rings. The van der Waals surface area contributed by atoms with Gasteiger partial charge in [0.1, 0.15) is 0 Å². The highest BCUT2D eigenvalue weighted by molar-refractivity contribution is 5.53. The molecule has 2 nitrogen and oxygen atoms in total. The second kappa shape index (κ2) is 5.64. The zero-order valence-corrected chi connectivity index (χ0v) is 13.3. The Balaban J connectivity index is 1.39. The van der Waals surface area contributed by atoms with E-state index < -0.39 is 0 Å². The standard InChI is InChI=1S/C19H28N2/c1-15-4-2-3-5-18(15)20-10-12-21(13-11-20)19-9-7-16-6-8-17(19)14-16/h2-5,16-17,19H,6-14H2,1H3/t16-,17+,19-/m1/s1. The summed E-state index contributed by atoms with van der Waals surface area (Å²) < 4.78 is 0. The van der Waals surface area contributed by atoms with Crippen LogP contribution in [0.25, 0.3) is 0 Å². The van der Waals surface area contributed by atoms with Gasteiger partial charge in [-0.25, -0.2) is 0 Å². The van der Waals surface area contributed by atoms with Crippen molar-refractivity contribution in [3.8, 4) is 0 Å². The number of nitrogens with zero attached hydrogens (tertiary/aromatic N) is 2. The van der Waals surface area contributed by atoms with Crippen molar-refractivity contribution in [2.24, 2.45) is 11.8 Å². The van der Waals surface area contributed by atoms with Crippen LogP contribution in [-0.2, 0) is 0 Å². The molecule has 0 aromatic heterocycles. The Morgan fingerprint density at radius 2 is 1.67 bits per heavy atom. The Morgan fingerprint density at radius 3 is 2.48 bits per heavy atom.